The maximum absolute atomic E-state index is 12.9. The third-order valence-electron chi connectivity index (χ3n) is 5.50. The number of carbonyl (C=O) groups is 2. The van der Waals surface area contributed by atoms with Gasteiger partial charge in [0.25, 0.3) is 0 Å². The van der Waals surface area contributed by atoms with Crippen molar-refractivity contribution in [1.82, 2.24) is 14.4 Å². The van der Waals surface area contributed by atoms with Crippen molar-refractivity contribution in [3.8, 4) is 0 Å². The number of amides is 3. The molecule has 0 radical (unpaired) electrons. The lowest BCUT2D eigenvalue weighted by molar-refractivity contribution is -0.133. The number of nitrogens with one attached hydrogen (secondary N) is 1. The van der Waals surface area contributed by atoms with E-state index in [-0.39, 0.29) is 11.9 Å². The Balaban J connectivity index is 1.35. The van der Waals surface area contributed by atoms with Crippen LogP contribution < -0.4 is 5.32 Å². The molecule has 2 aromatic carbocycles. The van der Waals surface area contributed by atoms with Crippen LogP contribution in [0.5, 0.6) is 0 Å². The van der Waals surface area contributed by atoms with Crippen molar-refractivity contribution < 1.29 is 9.59 Å². The normalized spacial score (nSPS) is 14.3. The average molecular weight is 390 g/mol. The zero-order valence-corrected chi connectivity index (χ0v) is 16.9. The van der Waals surface area contributed by atoms with Gasteiger partial charge in [0, 0.05) is 43.1 Å². The molecule has 29 heavy (non-hydrogen) atoms. The largest absolute Gasteiger partial charge is 0.338 e. The van der Waals surface area contributed by atoms with E-state index in [1.807, 2.05) is 61.2 Å². The molecule has 1 aliphatic rings. The van der Waals surface area contributed by atoms with Crippen LogP contribution in [0.25, 0.3) is 10.9 Å². The molecule has 6 heteroatoms. The Bertz CT molecular complexity index is 1050. The monoisotopic (exact) mass is 390 g/mol. The molecule has 3 aromatic rings. The highest BCUT2D eigenvalue weighted by atomic mass is 16.2. The zero-order chi connectivity index (χ0) is 20.4. The van der Waals surface area contributed by atoms with Gasteiger partial charge in [-0.2, -0.15) is 0 Å². The second kappa shape index (κ2) is 7.99. The molecule has 0 unspecified atom stereocenters. The summed E-state index contributed by atoms with van der Waals surface area (Å²) in [6.07, 6.45) is 0. The Morgan fingerprint density at radius 1 is 0.897 bits per heavy atom. The number of fused-ring (bicyclic) bond motifs is 1. The molecule has 0 saturated carbocycles. The first-order chi connectivity index (χ1) is 14.0. The van der Waals surface area contributed by atoms with Crippen LogP contribution in [0.1, 0.15) is 11.3 Å². The van der Waals surface area contributed by atoms with Gasteiger partial charge in [-0.3, -0.25) is 4.79 Å². The molecule has 0 aliphatic carbocycles. The van der Waals surface area contributed by atoms with Crippen LogP contribution in [-0.4, -0.2) is 52.5 Å². The Morgan fingerprint density at radius 3 is 2.38 bits per heavy atom. The number of urea groups is 1. The molecule has 2 heterocycles. The predicted octanol–water partition coefficient (Wildman–Crippen LogP) is 3.63. The number of rotatable bonds is 3. The van der Waals surface area contributed by atoms with E-state index >= 15 is 0 Å². The summed E-state index contributed by atoms with van der Waals surface area (Å²) >= 11 is 0. The van der Waals surface area contributed by atoms with E-state index in [4.69, 9.17) is 0 Å². The van der Waals surface area contributed by atoms with Crippen LogP contribution in [0.15, 0.2) is 54.6 Å². The third-order valence-corrected chi connectivity index (χ3v) is 5.50. The fourth-order valence-corrected chi connectivity index (χ4v) is 3.88. The first-order valence-corrected chi connectivity index (χ1v) is 9.96. The van der Waals surface area contributed by atoms with Gasteiger partial charge in [0.1, 0.15) is 6.54 Å². The quantitative estimate of drug-likeness (QED) is 0.742. The van der Waals surface area contributed by atoms with Crippen molar-refractivity contribution in [3.05, 3.63) is 65.9 Å². The van der Waals surface area contributed by atoms with Crippen molar-refractivity contribution >= 4 is 28.5 Å². The molecule has 0 spiro atoms. The van der Waals surface area contributed by atoms with E-state index < -0.39 is 0 Å². The lowest BCUT2D eigenvalue weighted by Crippen LogP contribution is -2.52. The van der Waals surface area contributed by atoms with Gasteiger partial charge in [-0.1, -0.05) is 30.3 Å². The highest BCUT2D eigenvalue weighted by Gasteiger charge is 2.24. The molecule has 1 saturated heterocycles. The second-order valence-electron chi connectivity index (χ2n) is 7.60. The molecule has 1 aliphatic heterocycles. The van der Waals surface area contributed by atoms with Gasteiger partial charge in [0.2, 0.25) is 5.91 Å². The summed E-state index contributed by atoms with van der Waals surface area (Å²) in [7, 11) is 0. The molecule has 6 nitrogen and oxygen atoms in total. The summed E-state index contributed by atoms with van der Waals surface area (Å²) in [5, 5.41) is 4.09. The minimum Gasteiger partial charge on any atom is -0.338 e. The maximum Gasteiger partial charge on any atom is 0.321 e. The van der Waals surface area contributed by atoms with Crippen molar-refractivity contribution in [3.63, 3.8) is 0 Å². The number of anilines is 1. The summed E-state index contributed by atoms with van der Waals surface area (Å²) in [6.45, 7) is 6.53. The van der Waals surface area contributed by atoms with E-state index in [9.17, 15) is 9.59 Å². The van der Waals surface area contributed by atoms with Gasteiger partial charge in [-0.25, -0.2) is 4.79 Å². The first kappa shape index (κ1) is 19.1. The van der Waals surface area contributed by atoms with E-state index in [1.54, 1.807) is 4.90 Å². The van der Waals surface area contributed by atoms with Gasteiger partial charge < -0.3 is 19.7 Å². The van der Waals surface area contributed by atoms with Gasteiger partial charge in [-0.15, -0.1) is 0 Å². The Hall–Kier alpha value is -3.28. The number of carbonyl (C=O) groups excluding carboxylic acids is 2. The van der Waals surface area contributed by atoms with Gasteiger partial charge in [0.05, 0.1) is 0 Å². The average Bonchev–Trinajstić information content (AvgIpc) is 3.03. The third kappa shape index (κ3) is 4.11. The van der Waals surface area contributed by atoms with Crippen LogP contribution in [0, 0.1) is 13.8 Å². The zero-order valence-electron chi connectivity index (χ0n) is 16.9. The number of aromatic nitrogens is 1. The number of para-hydroxylation sites is 1. The van der Waals surface area contributed by atoms with Crippen molar-refractivity contribution in [2.75, 3.05) is 31.5 Å². The van der Waals surface area contributed by atoms with Gasteiger partial charge in [0.15, 0.2) is 0 Å². The van der Waals surface area contributed by atoms with Crippen LogP contribution in [-0.2, 0) is 11.3 Å². The minimum atomic E-state index is -0.116. The van der Waals surface area contributed by atoms with Crippen molar-refractivity contribution in [1.29, 1.82) is 0 Å². The molecular weight excluding hydrogens is 364 g/mol. The molecule has 150 valence electrons. The predicted molar refractivity (Wildman–Crippen MR) is 115 cm³/mol. The lowest BCUT2D eigenvalue weighted by Gasteiger charge is -2.35. The molecule has 3 amide bonds. The van der Waals surface area contributed by atoms with Crippen molar-refractivity contribution in [2.45, 2.75) is 20.4 Å². The summed E-state index contributed by atoms with van der Waals surface area (Å²) in [5.41, 5.74) is 4.06. The van der Waals surface area contributed by atoms with E-state index in [2.05, 4.69) is 22.0 Å². The molecular formula is C23H26N4O2. The van der Waals surface area contributed by atoms with Crippen molar-refractivity contribution in [2.24, 2.45) is 0 Å². The number of piperazine rings is 1. The van der Waals surface area contributed by atoms with E-state index in [0.717, 1.165) is 27.8 Å². The number of hydrogen-bond acceptors (Lipinski definition) is 2. The van der Waals surface area contributed by atoms with Gasteiger partial charge in [-0.05, 0) is 49.1 Å². The molecule has 1 aromatic heterocycles. The molecule has 1 N–H and O–H groups in total. The van der Waals surface area contributed by atoms with E-state index in [1.165, 1.54) is 0 Å². The topological polar surface area (TPSA) is 57.6 Å². The summed E-state index contributed by atoms with van der Waals surface area (Å²) in [6, 6.07) is 17.9. The Morgan fingerprint density at radius 2 is 1.62 bits per heavy atom. The number of nitrogens with zero attached hydrogens (tertiary/aromatic N) is 3. The number of aryl methyl sites for hydroxylation is 2. The highest BCUT2D eigenvalue weighted by Crippen LogP contribution is 2.19. The molecule has 1 fully saturated rings. The Labute approximate surface area is 170 Å². The second-order valence-corrected chi connectivity index (χ2v) is 7.60. The summed E-state index contributed by atoms with van der Waals surface area (Å²) < 4.78 is 2.06. The molecule has 0 atom stereocenters. The van der Waals surface area contributed by atoms with Gasteiger partial charge >= 0.3 is 6.03 Å². The van der Waals surface area contributed by atoms with E-state index in [0.29, 0.717) is 32.7 Å². The summed E-state index contributed by atoms with van der Waals surface area (Å²) in [4.78, 5) is 29.0. The lowest BCUT2D eigenvalue weighted by atomic mass is 10.2. The maximum atomic E-state index is 12.9. The minimum absolute atomic E-state index is 0.0909. The van der Waals surface area contributed by atoms with Crippen LogP contribution in [0.4, 0.5) is 10.5 Å². The fraction of sp³-hybridized carbons (Fsp3) is 0.304. The number of benzene rings is 2. The highest BCUT2D eigenvalue weighted by molar-refractivity contribution is 5.89. The smallest absolute Gasteiger partial charge is 0.321 e. The summed E-state index contributed by atoms with van der Waals surface area (Å²) in [5.74, 6) is 0.0909. The number of hydrogen-bond donors (Lipinski definition) is 1. The van der Waals surface area contributed by atoms with Crippen LogP contribution in [0.3, 0.4) is 0 Å². The van der Waals surface area contributed by atoms with Crippen LogP contribution in [0.2, 0.25) is 0 Å². The SMILES string of the molecule is Cc1cccc(NC(=O)N2CCN(C(=O)Cn3c(C)cc4ccccc43)CC2)c1. The van der Waals surface area contributed by atoms with Crippen LogP contribution >= 0.6 is 0 Å². The Kier molecular flexibility index (Phi) is 5.25. The molecule has 0 bridgehead atoms. The standard InChI is InChI=1S/C23H26N4O2/c1-17-6-5-8-20(14-17)24-23(29)26-12-10-25(11-13-26)22(28)16-27-18(2)15-19-7-3-4-9-21(19)27/h3-9,14-15H,10-13,16H2,1-2H3,(H,24,29). The fourth-order valence-electron chi connectivity index (χ4n) is 3.88. The molecule has 4 rings (SSSR count). The first-order valence-electron chi connectivity index (χ1n) is 9.96.